The lowest BCUT2D eigenvalue weighted by Gasteiger charge is -2.21. The van der Waals surface area contributed by atoms with Crippen LogP contribution >= 0.6 is 0 Å². The molecule has 4 heterocycles. The summed E-state index contributed by atoms with van der Waals surface area (Å²) >= 11 is 0. The lowest BCUT2D eigenvalue weighted by molar-refractivity contribution is 1.33. The summed E-state index contributed by atoms with van der Waals surface area (Å²) in [7, 11) is 0. The first-order valence-electron chi connectivity index (χ1n) is 32.7. The van der Waals surface area contributed by atoms with Gasteiger partial charge in [-0.2, -0.15) is 0 Å². The summed E-state index contributed by atoms with van der Waals surface area (Å²) in [5.41, 5.74) is 39.5. The second kappa shape index (κ2) is 26.6. The number of nitrogens with two attached hydrogens (primary N) is 1. The van der Waals surface area contributed by atoms with Crippen molar-refractivity contribution in [3.05, 3.63) is 371 Å². The van der Waals surface area contributed by atoms with Crippen molar-refractivity contribution in [2.75, 3.05) is 5.73 Å². The molecule has 0 saturated heterocycles. The predicted octanol–water partition coefficient (Wildman–Crippen LogP) is 23.9. The number of hydrogen-bond acceptors (Lipinski definition) is 5. The van der Waals surface area contributed by atoms with Crippen molar-refractivity contribution in [2.24, 2.45) is 0 Å². The fraction of sp³-hybridized carbons (Fsp3) is 0. The van der Waals surface area contributed by atoms with Gasteiger partial charge in [0, 0.05) is 52.7 Å². The summed E-state index contributed by atoms with van der Waals surface area (Å²) in [6.07, 6.45) is 7.39. The standard InChI is InChI=1S/C92H63N5/c93-77-50-48-70(49-51-77)92-86(75-58-71(82-22-5-1-18-78(82)62-32-40-66(41-33-62)88-28-9-13-52-94-88)56-72(59-75)83-23-6-2-19-79(83)63-34-42-67(43-35-63)89-29-10-14-53-95-89)26-17-27-87(92)76-60-73(84-24-7-3-20-80(84)64-36-44-68(45-37-64)90-30-11-15-54-96-90)57-74(61-76)85-25-8-4-21-81(85)65-38-46-69(47-39-65)91-31-12-16-55-97-91/h1-61H,93H2. The van der Waals surface area contributed by atoms with Gasteiger partial charge in [0.25, 0.3) is 0 Å². The van der Waals surface area contributed by atoms with Crippen molar-refractivity contribution in [3.63, 3.8) is 0 Å². The number of nitrogen functional groups attached to an aromatic ring is 1. The van der Waals surface area contributed by atoms with Gasteiger partial charge in [-0.3, -0.25) is 19.9 Å². The molecule has 0 bridgehead atoms. The molecule has 0 aliphatic carbocycles. The number of rotatable bonds is 15. The lowest BCUT2D eigenvalue weighted by Crippen LogP contribution is -1.95. The topological polar surface area (TPSA) is 77.6 Å². The minimum Gasteiger partial charge on any atom is -0.399 e. The van der Waals surface area contributed by atoms with Crippen LogP contribution in [0.15, 0.2) is 371 Å². The smallest absolute Gasteiger partial charge is 0.0701 e. The maximum absolute atomic E-state index is 6.63. The first-order chi connectivity index (χ1) is 48.0. The molecule has 5 nitrogen and oxygen atoms in total. The Hall–Kier alpha value is -13.0. The van der Waals surface area contributed by atoms with E-state index in [4.69, 9.17) is 5.73 Å². The molecule has 16 aromatic rings. The van der Waals surface area contributed by atoms with Crippen LogP contribution in [0.5, 0.6) is 0 Å². The molecule has 0 saturated carbocycles. The quantitative estimate of drug-likeness (QED) is 0.104. The molecule has 16 rings (SSSR count). The van der Waals surface area contributed by atoms with Gasteiger partial charge < -0.3 is 5.73 Å². The Morgan fingerprint density at radius 3 is 0.588 bits per heavy atom. The number of hydrogen-bond donors (Lipinski definition) is 1. The number of nitrogens with zero attached hydrogens (tertiary/aromatic N) is 4. The van der Waals surface area contributed by atoms with Gasteiger partial charge in [-0.15, -0.1) is 0 Å². The third-order valence-electron chi connectivity index (χ3n) is 18.3. The first kappa shape index (κ1) is 59.1. The Morgan fingerprint density at radius 1 is 0.155 bits per heavy atom. The van der Waals surface area contributed by atoms with Crippen molar-refractivity contribution in [1.82, 2.24) is 19.9 Å². The molecule has 0 aliphatic rings. The van der Waals surface area contributed by atoms with Crippen molar-refractivity contribution >= 4 is 5.69 Å². The molecule has 5 heteroatoms. The molecule has 0 radical (unpaired) electrons. The highest BCUT2D eigenvalue weighted by molar-refractivity contribution is 6.01. The van der Waals surface area contributed by atoms with Crippen LogP contribution in [0.2, 0.25) is 0 Å². The van der Waals surface area contributed by atoms with Crippen LogP contribution in [0, 0.1) is 0 Å². The van der Waals surface area contributed by atoms with Crippen LogP contribution < -0.4 is 5.73 Å². The Labute approximate surface area is 566 Å². The maximum atomic E-state index is 6.63. The zero-order chi connectivity index (χ0) is 64.9. The summed E-state index contributed by atoms with van der Waals surface area (Å²) < 4.78 is 0. The molecule has 0 fully saturated rings. The Kier molecular flexibility index (Phi) is 16.2. The predicted molar refractivity (Wildman–Crippen MR) is 404 cm³/mol. The first-order valence-corrected chi connectivity index (χ1v) is 32.7. The number of anilines is 1. The van der Waals surface area contributed by atoms with Gasteiger partial charge in [0.1, 0.15) is 0 Å². The molecule has 12 aromatic carbocycles. The van der Waals surface area contributed by atoms with Crippen molar-refractivity contribution in [2.45, 2.75) is 0 Å². The van der Waals surface area contributed by atoms with Crippen LogP contribution in [0.4, 0.5) is 5.69 Å². The van der Waals surface area contributed by atoms with E-state index in [1.54, 1.807) is 0 Å². The van der Waals surface area contributed by atoms with E-state index in [1.165, 1.54) is 0 Å². The van der Waals surface area contributed by atoms with E-state index in [0.717, 1.165) is 167 Å². The Bertz CT molecular complexity index is 4840. The largest absolute Gasteiger partial charge is 0.399 e. The normalized spacial score (nSPS) is 11.1. The molecule has 97 heavy (non-hydrogen) atoms. The van der Waals surface area contributed by atoms with E-state index in [0.29, 0.717) is 5.69 Å². The van der Waals surface area contributed by atoms with Gasteiger partial charge in [0.2, 0.25) is 0 Å². The molecule has 2 N–H and O–H groups in total. The maximum Gasteiger partial charge on any atom is 0.0701 e. The summed E-state index contributed by atoms with van der Waals surface area (Å²) in [6, 6.07) is 124. The summed E-state index contributed by atoms with van der Waals surface area (Å²) in [4.78, 5) is 18.7. The molecule has 0 spiro atoms. The third-order valence-corrected chi connectivity index (χ3v) is 18.3. The van der Waals surface area contributed by atoms with E-state index in [-0.39, 0.29) is 0 Å². The number of pyridine rings is 4. The fourth-order valence-corrected chi connectivity index (χ4v) is 13.5. The highest BCUT2D eigenvalue weighted by Gasteiger charge is 2.22. The van der Waals surface area contributed by atoms with Gasteiger partial charge in [0.05, 0.1) is 22.8 Å². The molecular formula is C92H63N5. The summed E-state index contributed by atoms with van der Waals surface area (Å²) in [5, 5.41) is 0. The van der Waals surface area contributed by atoms with E-state index < -0.39 is 0 Å². The van der Waals surface area contributed by atoms with Crippen LogP contribution in [-0.4, -0.2) is 19.9 Å². The van der Waals surface area contributed by atoms with Crippen LogP contribution in [0.3, 0.4) is 0 Å². The lowest BCUT2D eigenvalue weighted by atomic mass is 9.82. The average molecular weight is 1240 g/mol. The van der Waals surface area contributed by atoms with Crippen molar-refractivity contribution < 1.29 is 0 Å². The number of benzene rings is 12. The van der Waals surface area contributed by atoms with E-state index in [1.807, 2.05) is 85.5 Å². The fourth-order valence-electron chi connectivity index (χ4n) is 13.5. The molecule has 0 aliphatic heterocycles. The molecule has 0 unspecified atom stereocenters. The van der Waals surface area contributed by atoms with E-state index >= 15 is 0 Å². The molecule has 4 aromatic heterocycles. The second-order valence-electron chi connectivity index (χ2n) is 24.3. The highest BCUT2D eigenvalue weighted by atomic mass is 14.7. The zero-order valence-electron chi connectivity index (χ0n) is 53.1. The van der Waals surface area contributed by atoms with Gasteiger partial charge >= 0.3 is 0 Å². The van der Waals surface area contributed by atoms with E-state index in [2.05, 4.69) is 305 Å². The molecule has 0 atom stereocenters. The van der Waals surface area contributed by atoms with Gasteiger partial charge in [-0.1, -0.05) is 249 Å². The van der Waals surface area contributed by atoms with Gasteiger partial charge in [0.15, 0.2) is 0 Å². The van der Waals surface area contributed by atoms with Crippen LogP contribution in [0.1, 0.15) is 0 Å². The van der Waals surface area contributed by atoms with Crippen LogP contribution in [0.25, 0.3) is 167 Å². The zero-order valence-corrected chi connectivity index (χ0v) is 53.1. The Balaban J connectivity index is 0.908. The molecule has 456 valence electrons. The van der Waals surface area contributed by atoms with Gasteiger partial charge in [-0.05, 0) is 219 Å². The average Bonchev–Trinajstić information content (AvgIpc) is 0.770. The van der Waals surface area contributed by atoms with Crippen LogP contribution in [-0.2, 0) is 0 Å². The minimum absolute atomic E-state index is 0.694. The monoisotopic (exact) mass is 1240 g/mol. The summed E-state index contributed by atoms with van der Waals surface area (Å²) in [6.45, 7) is 0. The molecular weight excluding hydrogens is 1180 g/mol. The van der Waals surface area contributed by atoms with E-state index in [9.17, 15) is 0 Å². The minimum atomic E-state index is 0.694. The molecule has 0 amide bonds. The second-order valence-corrected chi connectivity index (χ2v) is 24.3. The number of aromatic nitrogens is 4. The summed E-state index contributed by atoms with van der Waals surface area (Å²) in [5.74, 6) is 0. The highest BCUT2D eigenvalue weighted by Crippen LogP contribution is 2.48. The van der Waals surface area contributed by atoms with Crippen molar-refractivity contribution in [3.8, 4) is 167 Å². The van der Waals surface area contributed by atoms with Crippen molar-refractivity contribution in [1.29, 1.82) is 0 Å². The van der Waals surface area contributed by atoms with Gasteiger partial charge in [-0.25, -0.2) is 0 Å². The Morgan fingerprint density at radius 2 is 0.351 bits per heavy atom. The third kappa shape index (κ3) is 12.2. The SMILES string of the molecule is Nc1ccc(-c2c(-c3cc(-c4ccccc4-c4ccc(-c5ccccn5)cc4)cc(-c4ccccc4-c4ccc(-c5ccccn5)cc4)c3)cccc2-c2cc(-c3ccccc3-c3ccc(-c4ccccn4)cc3)cc(-c3ccccc3-c3ccc(-c4ccccn4)cc3)c2)cc1.